The first kappa shape index (κ1) is 19.6. The van der Waals surface area contributed by atoms with Crippen LogP contribution in [-0.2, 0) is 4.79 Å². The van der Waals surface area contributed by atoms with E-state index in [0.717, 1.165) is 11.1 Å². The van der Waals surface area contributed by atoms with E-state index in [4.69, 9.17) is 16.3 Å². The zero-order valence-corrected chi connectivity index (χ0v) is 15.8. The fourth-order valence-electron chi connectivity index (χ4n) is 2.60. The molecule has 5 heteroatoms. The normalized spacial score (nSPS) is 11.1. The van der Waals surface area contributed by atoms with Gasteiger partial charge in [0.2, 0.25) is 0 Å². The molecule has 0 aliphatic rings. The third-order valence-electron chi connectivity index (χ3n) is 4.00. The van der Waals surface area contributed by atoms with Gasteiger partial charge in [0.15, 0.2) is 0 Å². The Morgan fingerprint density at radius 1 is 0.964 bits per heavy atom. The number of carbonyl (C=O) groups is 1. The second-order valence-corrected chi connectivity index (χ2v) is 6.41. The number of carbonyl (C=O) groups excluding carboxylic acids is 1. The van der Waals surface area contributed by atoms with Crippen LogP contribution in [0.3, 0.4) is 0 Å². The van der Waals surface area contributed by atoms with E-state index >= 15 is 0 Å². The molecule has 3 rings (SSSR count). The smallest absolute Gasteiger partial charge is 0.252 e. The van der Waals surface area contributed by atoms with Gasteiger partial charge in [0.05, 0.1) is 6.54 Å². The summed E-state index contributed by atoms with van der Waals surface area (Å²) in [6.07, 6.45) is 1.77. The summed E-state index contributed by atoms with van der Waals surface area (Å²) in [5, 5.41) is 3.43. The van der Waals surface area contributed by atoms with Crippen LogP contribution in [0.1, 0.15) is 11.1 Å². The van der Waals surface area contributed by atoms with Crippen LogP contribution in [0, 0.1) is 5.82 Å². The molecule has 0 aliphatic heterocycles. The van der Waals surface area contributed by atoms with Crippen molar-refractivity contribution in [3.63, 3.8) is 0 Å². The average Bonchev–Trinajstić information content (AvgIpc) is 2.72. The number of amides is 1. The van der Waals surface area contributed by atoms with Gasteiger partial charge in [0.1, 0.15) is 18.2 Å². The van der Waals surface area contributed by atoms with Crippen molar-refractivity contribution >= 4 is 29.2 Å². The number of ether oxygens (including phenoxy) is 1. The summed E-state index contributed by atoms with van der Waals surface area (Å²) in [7, 11) is 0. The van der Waals surface area contributed by atoms with Crippen molar-refractivity contribution in [3.8, 4) is 5.75 Å². The Bertz CT molecular complexity index is 956. The van der Waals surface area contributed by atoms with Crippen LogP contribution in [0.5, 0.6) is 5.75 Å². The molecule has 1 amide bonds. The van der Waals surface area contributed by atoms with Crippen molar-refractivity contribution < 1.29 is 13.9 Å². The summed E-state index contributed by atoms with van der Waals surface area (Å²) in [6, 6.07) is 22.5. The quantitative estimate of drug-likeness (QED) is 0.338. The molecule has 0 fully saturated rings. The maximum atomic E-state index is 12.9. The van der Waals surface area contributed by atoms with Crippen molar-refractivity contribution in [1.82, 2.24) is 5.32 Å². The van der Waals surface area contributed by atoms with E-state index in [-0.39, 0.29) is 18.3 Å². The topological polar surface area (TPSA) is 38.3 Å². The van der Waals surface area contributed by atoms with Gasteiger partial charge in [-0.05, 0) is 47.5 Å². The summed E-state index contributed by atoms with van der Waals surface area (Å²) < 4.78 is 18.4. The molecular weight excluding hydrogens is 377 g/mol. The van der Waals surface area contributed by atoms with Gasteiger partial charge in [0, 0.05) is 10.6 Å². The van der Waals surface area contributed by atoms with Crippen LogP contribution in [0.15, 0.2) is 78.9 Å². The predicted molar refractivity (Wildman–Crippen MR) is 111 cm³/mol. The second kappa shape index (κ2) is 9.72. The monoisotopic (exact) mass is 395 g/mol. The van der Waals surface area contributed by atoms with Gasteiger partial charge in [-0.3, -0.25) is 4.79 Å². The van der Waals surface area contributed by atoms with Crippen molar-refractivity contribution in [2.24, 2.45) is 0 Å². The number of halogens is 2. The zero-order chi connectivity index (χ0) is 19.8. The Morgan fingerprint density at radius 2 is 1.64 bits per heavy atom. The van der Waals surface area contributed by atoms with Crippen LogP contribution >= 0.6 is 11.6 Å². The molecule has 0 saturated carbocycles. The van der Waals surface area contributed by atoms with Crippen LogP contribution < -0.4 is 10.1 Å². The fourth-order valence-corrected chi connectivity index (χ4v) is 2.80. The molecule has 0 atom stereocenters. The molecule has 0 spiro atoms. The maximum absolute atomic E-state index is 12.9. The lowest BCUT2D eigenvalue weighted by Gasteiger charge is -2.11. The molecule has 1 N–H and O–H groups in total. The lowest BCUT2D eigenvalue weighted by molar-refractivity contribution is -0.115. The molecule has 28 heavy (non-hydrogen) atoms. The van der Waals surface area contributed by atoms with Crippen LogP contribution in [0.4, 0.5) is 4.39 Å². The minimum absolute atomic E-state index is 0.228. The molecule has 0 heterocycles. The molecule has 0 aromatic heterocycles. The highest BCUT2D eigenvalue weighted by atomic mass is 35.5. The molecule has 0 saturated heterocycles. The van der Waals surface area contributed by atoms with E-state index in [1.807, 2.05) is 48.5 Å². The predicted octanol–water partition coefficient (Wildman–Crippen LogP) is 5.21. The summed E-state index contributed by atoms with van der Waals surface area (Å²) in [5.41, 5.74) is 2.07. The lowest BCUT2D eigenvalue weighted by atomic mass is 10.0. The van der Waals surface area contributed by atoms with Crippen LogP contribution in [0.2, 0.25) is 5.02 Å². The Morgan fingerprint density at radius 3 is 2.36 bits per heavy atom. The molecule has 0 unspecified atom stereocenters. The molecule has 0 bridgehead atoms. The van der Waals surface area contributed by atoms with E-state index in [0.29, 0.717) is 22.9 Å². The maximum Gasteiger partial charge on any atom is 0.252 e. The zero-order valence-electron chi connectivity index (χ0n) is 15.1. The van der Waals surface area contributed by atoms with Gasteiger partial charge >= 0.3 is 0 Å². The van der Waals surface area contributed by atoms with E-state index in [1.165, 1.54) is 12.1 Å². The number of rotatable bonds is 7. The first-order chi connectivity index (χ1) is 13.6. The number of benzene rings is 3. The largest absolute Gasteiger partial charge is 0.492 e. The first-order valence-electron chi connectivity index (χ1n) is 8.82. The standard InChI is InChI=1S/C23H19ClFNO2/c24-22-9-5-4-8-18(22)16-21(17-6-2-1-3-7-17)23(27)26-14-15-28-20-12-10-19(25)11-13-20/h1-13,16H,14-15H2,(H,26,27)/b21-16+. The molecule has 3 aromatic carbocycles. The Balaban J connectivity index is 1.69. The van der Waals surface area contributed by atoms with Crippen molar-refractivity contribution in [2.75, 3.05) is 13.2 Å². The number of hydrogen-bond donors (Lipinski definition) is 1. The minimum Gasteiger partial charge on any atom is -0.492 e. The van der Waals surface area contributed by atoms with Gasteiger partial charge in [-0.15, -0.1) is 0 Å². The van der Waals surface area contributed by atoms with Crippen molar-refractivity contribution in [3.05, 3.63) is 101 Å². The van der Waals surface area contributed by atoms with E-state index in [9.17, 15) is 9.18 Å². The Hall–Kier alpha value is -3.11. The molecule has 3 nitrogen and oxygen atoms in total. The average molecular weight is 396 g/mol. The van der Waals surface area contributed by atoms with Crippen LogP contribution in [-0.4, -0.2) is 19.1 Å². The number of nitrogens with one attached hydrogen (secondary N) is 1. The molecule has 0 aliphatic carbocycles. The van der Waals surface area contributed by atoms with Gasteiger partial charge in [-0.25, -0.2) is 4.39 Å². The van der Waals surface area contributed by atoms with E-state index < -0.39 is 0 Å². The summed E-state index contributed by atoms with van der Waals surface area (Å²) in [5.74, 6) is -0.00256. The summed E-state index contributed by atoms with van der Waals surface area (Å²) in [4.78, 5) is 12.8. The second-order valence-electron chi connectivity index (χ2n) is 6.00. The first-order valence-corrected chi connectivity index (χ1v) is 9.19. The Labute approximate surface area is 168 Å². The van der Waals surface area contributed by atoms with Crippen molar-refractivity contribution in [1.29, 1.82) is 0 Å². The molecule has 0 radical (unpaired) electrons. The fraction of sp³-hybridized carbons (Fsp3) is 0.0870. The Kier molecular flexibility index (Phi) is 6.82. The van der Waals surface area contributed by atoms with E-state index in [1.54, 1.807) is 24.3 Å². The third-order valence-corrected chi connectivity index (χ3v) is 4.35. The van der Waals surface area contributed by atoms with Gasteiger partial charge < -0.3 is 10.1 Å². The molecular formula is C23H19ClFNO2. The minimum atomic E-state index is -0.321. The summed E-state index contributed by atoms with van der Waals surface area (Å²) >= 11 is 6.24. The van der Waals surface area contributed by atoms with Gasteiger partial charge in [-0.1, -0.05) is 60.1 Å². The van der Waals surface area contributed by atoms with E-state index in [2.05, 4.69) is 5.32 Å². The highest BCUT2D eigenvalue weighted by Gasteiger charge is 2.12. The highest BCUT2D eigenvalue weighted by molar-refractivity contribution is 6.33. The lowest BCUT2D eigenvalue weighted by Crippen LogP contribution is -2.28. The van der Waals surface area contributed by atoms with Gasteiger partial charge in [-0.2, -0.15) is 0 Å². The SMILES string of the molecule is O=C(NCCOc1ccc(F)cc1)/C(=C/c1ccccc1Cl)c1ccccc1. The molecule has 142 valence electrons. The third kappa shape index (κ3) is 5.44. The number of hydrogen-bond acceptors (Lipinski definition) is 2. The highest BCUT2D eigenvalue weighted by Crippen LogP contribution is 2.23. The summed E-state index contributed by atoms with van der Waals surface area (Å²) in [6.45, 7) is 0.578. The van der Waals surface area contributed by atoms with Crippen molar-refractivity contribution in [2.45, 2.75) is 0 Å². The van der Waals surface area contributed by atoms with Gasteiger partial charge in [0.25, 0.3) is 5.91 Å². The molecule has 3 aromatic rings. The van der Waals surface area contributed by atoms with Crippen LogP contribution in [0.25, 0.3) is 11.6 Å².